The number of anilines is 3. The Bertz CT molecular complexity index is 3360. The normalized spacial score (nSPS) is 11.3. The fraction of sp³-hybridized carbons (Fsp3) is 0.0164. The van der Waals surface area contributed by atoms with Crippen LogP contribution in [0.4, 0.5) is 17.1 Å². The first-order chi connectivity index (χ1) is 31.1. The van der Waals surface area contributed by atoms with Crippen molar-refractivity contribution in [2.45, 2.75) is 6.92 Å². The van der Waals surface area contributed by atoms with E-state index in [-0.39, 0.29) is 0 Å². The molecule has 10 aromatic carbocycles. The summed E-state index contributed by atoms with van der Waals surface area (Å²) in [6.07, 6.45) is 0. The van der Waals surface area contributed by atoms with Crippen LogP contribution in [0.15, 0.2) is 247 Å². The number of aryl methyl sites for hydroxylation is 1. The van der Waals surface area contributed by atoms with Crippen LogP contribution in [0.25, 0.3) is 88.7 Å². The van der Waals surface area contributed by atoms with Gasteiger partial charge in [0.15, 0.2) is 0 Å². The summed E-state index contributed by atoms with van der Waals surface area (Å²) < 4.78 is 6.31. The van der Waals surface area contributed by atoms with Gasteiger partial charge in [-0.15, -0.1) is 0 Å². The fourth-order valence-corrected chi connectivity index (χ4v) is 8.97. The molecule has 2 heteroatoms. The van der Waals surface area contributed by atoms with Crippen LogP contribution in [-0.2, 0) is 0 Å². The minimum atomic E-state index is 0.919. The molecule has 0 aliphatic heterocycles. The Morgan fingerprint density at radius 2 is 0.698 bits per heavy atom. The van der Waals surface area contributed by atoms with E-state index < -0.39 is 0 Å². The molecule has 1 heterocycles. The maximum atomic E-state index is 6.31. The second-order valence-electron chi connectivity index (χ2n) is 16.2. The van der Waals surface area contributed by atoms with E-state index in [1.807, 2.05) is 12.1 Å². The van der Waals surface area contributed by atoms with Crippen LogP contribution in [0.3, 0.4) is 0 Å². The Labute approximate surface area is 368 Å². The van der Waals surface area contributed by atoms with E-state index in [0.29, 0.717) is 0 Å². The summed E-state index contributed by atoms with van der Waals surface area (Å²) in [6.45, 7) is 2.14. The Hall–Kier alpha value is -8.20. The summed E-state index contributed by atoms with van der Waals surface area (Å²) in [4.78, 5) is 2.35. The van der Waals surface area contributed by atoms with Crippen LogP contribution in [0, 0.1) is 6.92 Å². The van der Waals surface area contributed by atoms with Crippen LogP contribution < -0.4 is 4.90 Å². The van der Waals surface area contributed by atoms with Crippen LogP contribution in [0.2, 0.25) is 0 Å². The molecule has 0 aliphatic rings. The van der Waals surface area contributed by atoms with Crippen molar-refractivity contribution in [3.05, 3.63) is 248 Å². The smallest absolute Gasteiger partial charge is 0.138 e. The van der Waals surface area contributed by atoms with Crippen molar-refractivity contribution >= 4 is 38.8 Å². The highest BCUT2D eigenvalue weighted by atomic mass is 16.3. The molecule has 0 N–H and O–H groups in total. The van der Waals surface area contributed by atoms with Crippen molar-refractivity contribution in [2.24, 2.45) is 0 Å². The number of hydrogen-bond donors (Lipinski definition) is 0. The van der Waals surface area contributed by atoms with Gasteiger partial charge in [-0.05, 0) is 128 Å². The molecule has 0 unspecified atom stereocenters. The van der Waals surface area contributed by atoms with E-state index in [2.05, 4.69) is 242 Å². The molecular weight excluding hydrogens is 763 g/mol. The van der Waals surface area contributed by atoms with Gasteiger partial charge < -0.3 is 9.32 Å². The topological polar surface area (TPSA) is 16.4 Å². The van der Waals surface area contributed by atoms with Crippen molar-refractivity contribution in [3.8, 4) is 67.0 Å². The van der Waals surface area contributed by atoms with Crippen LogP contribution in [-0.4, -0.2) is 0 Å². The monoisotopic (exact) mass is 805 g/mol. The Kier molecular flexibility index (Phi) is 9.80. The van der Waals surface area contributed by atoms with Crippen molar-refractivity contribution in [2.75, 3.05) is 4.90 Å². The highest BCUT2D eigenvalue weighted by Crippen LogP contribution is 2.40. The Morgan fingerprint density at radius 3 is 1.29 bits per heavy atom. The number of nitrogens with zero attached hydrogens (tertiary/aromatic N) is 1. The molecule has 0 atom stereocenters. The number of fused-ring (bicyclic) bond motifs is 2. The van der Waals surface area contributed by atoms with Crippen molar-refractivity contribution in [1.82, 2.24) is 0 Å². The van der Waals surface area contributed by atoms with E-state index in [1.54, 1.807) is 0 Å². The number of para-hydroxylation sites is 1. The highest BCUT2D eigenvalue weighted by Gasteiger charge is 2.16. The second-order valence-corrected chi connectivity index (χ2v) is 16.2. The summed E-state index contributed by atoms with van der Waals surface area (Å²) in [6, 6.07) is 87.1. The first-order valence-corrected chi connectivity index (χ1v) is 21.6. The van der Waals surface area contributed by atoms with Gasteiger partial charge in [0.25, 0.3) is 0 Å². The maximum Gasteiger partial charge on any atom is 0.138 e. The zero-order valence-electron chi connectivity index (χ0n) is 34.9. The summed E-state index contributed by atoms with van der Waals surface area (Å²) in [5.74, 6) is 0.925. The van der Waals surface area contributed by atoms with Gasteiger partial charge in [-0.2, -0.15) is 0 Å². The van der Waals surface area contributed by atoms with Gasteiger partial charge in [-0.3, -0.25) is 0 Å². The molecule has 2 nitrogen and oxygen atoms in total. The third-order valence-corrected chi connectivity index (χ3v) is 12.3. The average Bonchev–Trinajstić information content (AvgIpc) is 3.71. The number of furan rings is 1. The molecule has 0 fully saturated rings. The Balaban J connectivity index is 0.903. The molecular formula is C61H43NO. The van der Waals surface area contributed by atoms with Gasteiger partial charge in [0.1, 0.15) is 11.3 Å². The lowest BCUT2D eigenvalue weighted by atomic mass is 9.97. The van der Waals surface area contributed by atoms with Gasteiger partial charge in [-0.25, -0.2) is 0 Å². The average molecular weight is 806 g/mol. The number of benzene rings is 10. The van der Waals surface area contributed by atoms with Gasteiger partial charge in [0, 0.05) is 33.6 Å². The van der Waals surface area contributed by atoms with Crippen molar-refractivity contribution < 1.29 is 4.42 Å². The highest BCUT2D eigenvalue weighted by molar-refractivity contribution is 5.97. The molecule has 0 radical (unpaired) electrons. The summed E-state index contributed by atoms with van der Waals surface area (Å²) in [7, 11) is 0. The molecule has 0 aliphatic carbocycles. The van der Waals surface area contributed by atoms with E-state index in [4.69, 9.17) is 4.42 Å². The van der Waals surface area contributed by atoms with Crippen LogP contribution in [0.5, 0.6) is 0 Å². The molecule has 298 valence electrons. The SMILES string of the molecule is Cc1c(-c2cccc(-c3ccc(-c4ccc(N(c5ccc(-c6cccc(-c7ccccc7)c6)cc5)c5ccc(-c6cccc7ccccc67)cc5)cc4)cc3)c2)oc2ccccc12. The molecule has 0 amide bonds. The van der Waals surface area contributed by atoms with E-state index in [1.165, 1.54) is 60.8 Å². The van der Waals surface area contributed by atoms with Crippen LogP contribution >= 0.6 is 0 Å². The van der Waals surface area contributed by atoms with Gasteiger partial charge in [0.05, 0.1) is 0 Å². The van der Waals surface area contributed by atoms with E-state index in [9.17, 15) is 0 Å². The number of hydrogen-bond acceptors (Lipinski definition) is 2. The molecule has 1 aromatic heterocycles. The van der Waals surface area contributed by atoms with Crippen LogP contribution in [0.1, 0.15) is 5.56 Å². The lowest BCUT2D eigenvalue weighted by molar-refractivity contribution is 0.629. The zero-order chi connectivity index (χ0) is 42.1. The summed E-state index contributed by atoms with van der Waals surface area (Å²) in [5.41, 5.74) is 18.3. The standard InChI is InChI=1S/C61H43NO/c1-42-57-20-7-8-23-60(57)63-61(42)53-19-10-18-52(41-53)46-26-24-44(25-27-46)45-28-34-54(35-29-45)62(56-38-32-49(33-39-56)59-22-11-15-48-14-5-6-21-58(48)59)55-36-30-47(31-37-55)51-17-9-16-50(40-51)43-12-3-2-4-13-43/h2-41H,1H3. The largest absolute Gasteiger partial charge is 0.456 e. The molecule has 0 saturated heterocycles. The molecule has 63 heavy (non-hydrogen) atoms. The molecule has 0 spiro atoms. The number of rotatable bonds is 9. The van der Waals surface area contributed by atoms with E-state index in [0.717, 1.165) is 50.5 Å². The predicted octanol–water partition coefficient (Wildman–Crippen LogP) is 17.4. The van der Waals surface area contributed by atoms with Crippen molar-refractivity contribution in [1.29, 1.82) is 0 Å². The first-order valence-electron chi connectivity index (χ1n) is 21.6. The molecule has 0 saturated carbocycles. The minimum absolute atomic E-state index is 0.919. The maximum absolute atomic E-state index is 6.31. The first kappa shape index (κ1) is 37.8. The quantitative estimate of drug-likeness (QED) is 0.144. The zero-order valence-corrected chi connectivity index (χ0v) is 34.9. The molecule has 0 bridgehead atoms. The van der Waals surface area contributed by atoms with E-state index >= 15 is 0 Å². The second kappa shape index (κ2) is 16.3. The van der Waals surface area contributed by atoms with Crippen molar-refractivity contribution in [3.63, 3.8) is 0 Å². The lowest BCUT2D eigenvalue weighted by Gasteiger charge is -2.26. The molecule has 11 rings (SSSR count). The van der Waals surface area contributed by atoms with Gasteiger partial charge >= 0.3 is 0 Å². The third kappa shape index (κ3) is 7.39. The lowest BCUT2D eigenvalue weighted by Crippen LogP contribution is -2.09. The minimum Gasteiger partial charge on any atom is -0.456 e. The predicted molar refractivity (Wildman–Crippen MR) is 266 cm³/mol. The van der Waals surface area contributed by atoms with Gasteiger partial charge in [-0.1, -0.05) is 188 Å². The van der Waals surface area contributed by atoms with Gasteiger partial charge in [0.2, 0.25) is 0 Å². The third-order valence-electron chi connectivity index (χ3n) is 12.3. The fourth-order valence-electron chi connectivity index (χ4n) is 8.97. The summed E-state index contributed by atoms with van der Waals surface area (Å²) in [5, 5.41) is 3.66. The summed E-state index contributed by atoms with van der Waals surface area (Å²) >= 11 is 0. The molecule has 11 aromatic rings. The Morgan fingerprint density at radius 1 is 0.302 bits per heavy atom.